The summed E-state index contributed by atoms with van der Waals surface area (Å²) in [5.74, 6) is 0.418. The van der Waals surface area contributed by atoms with Gasteiger partial charge in [0.2, 0.25) is 0 Å². The topological polar surface area (TPSA) is 20.2 Å². The van der Waals surface area contributed by atoms with Crippen molar-refractivity contribution in [3.8, 4) is 5.75 Å². The highest BCUT2D eigenvalue weighted by Crippen LogP contribution is 2.39. The molecule has 0 radical (unpaired) electrons. The number of halogens is 1. The fourth-order valence-electron chi connectivity index (χ4n) is 2.20. The standard InChI is InChI=1S/C14H11IOS/c1-2-9-12(16)6-5-11-10-4-3-8(15)7-13(10)17-14(9)11/h3-7,16H,2H2,1H3. The number of rotatable bonds is 1. The van der Waals surface area contributed by atoms with Crippen molar-refractivity contribution < 1.29 is 5.11 Å². The first kappa shape index (κ1) is 11.3. The zero-order valence-corrected chi connectivity index (χ0v) is 12.3. The summed E-state index contributed by atoms with van der Waals surface area (Å²) in [5.41, 5.74) is 1.07. The Morgan fingerprint density at radius 1 is 1.18 bits per heavy atom. The quantitative estimate of drug-likeness (QED) is 0.615. The molecular formula is C14H11IOS. The largest absolute Gasteiger partial charge is 0.508 e. The van der Waals surface area contributed by atoms with Gasteiger partial charge in [0.1, 0.15) is 5.75 Å². The number of phenolic OH excluding ortho intramolecular Hbond substituents is 1. The van der Waals surface area contributed by atoms with Crippen molar-refractivity contribution in [3.63, 3.8) is 0 Å². The molecule has 1 aromatic heterocycles. The number of aryl methyl sites for hydroxylation is 1. The smallest absolute Gasteiger partial charge is 0.120 e. The number of fused-ring (bicyclic) bond motifs is 3. The highest BCUT2D eigenvalue weighted by molar-refractivity contribution is 14.1. The summed E-state index contributed by atoms with van der Waals surface area (Å²) in [7, 11) is 0. The third kappa shape index (κ3) is 1.72. The molecule has 0 aliphatic rings. The lowest BCUT2D eigenvalue weighted by Crippen LogP contribution is -1.81. The maximum atomic E-state index is 9.89. The Labute approximate surface area is 117 Å². The van der Waals surface area contributed by atoms with Gasteiger partial charge in [-0.15, -0.1) is 11.3 Å². The zero-order chi connectivity index (χ0) is 12.0. The van der Waals surface area contributed by atoms with Crippen molar-refractivity contribution in [2.75, 3.05) is 0 Å². The molecular weight excluding hydrogens is 343 g/mol. The van der Waals surface area contributed by atoms with Crippen molar-refractivity contribution in [2.24, 2.45) is 0 Å². The first-order valence-electron chi connectivity index (χ1n) is 5.53. The molecule has 0 aliphatic heterocycles. The molecule has 0 bridgehead atoms. The van der Waals surface area contributed by atoms with E-state index in [1.54, 1.807) is 11.3 Å². The Morgan fingerprint density at radius 3 is 2.71 bits per heavy atom. The van der Waals surface area contributed by atoms with Crippen LogP contribution < -0.4 is 0 Å². The molecule has 0 aliphatic carbocycles. The van der Waals surface area contributed by atoms with E-state index in [0.29, 0.717) is 5.75 Å². The fourth-order valence-corrected chi connectivity index (χ4v) is 4.26. The van der Waals surface area contributed by atoms with E-state index in [0.717, 1.165) is 12.0 Å². The number of phenols is 1. The number of hydrogen-bond acceptors (Lipinski definition) is 2. The molecule has 0 atom stereocenters. The summed E-state index contributed by atoms with van der Waals surface area (Å²) in [4.78, 5) is 0. The Bertz CT molecular complexity index is 715. The van der Waals surface area contributed by atoms with Gasteiger partial charge < -0.3 is 5.11 Å². The predicted molar refractivity (Wildman–Crippen MR) is 83.1 cm³/mol. The van der Waals surface area contributed by atoms with Gasteiger partial charge >= 0.3 is 0 Å². The van der Waals surface area contributed by atoms with E-state index < -0.39 is 0 Å². The highest BCUT2D eigenvalue weighted by Gasteiger charge is 2.11. The van der Waals surface area contributed by atoms with Gasteiger partial charge in [0.05, 0.1) is 0 Å². The molecule has 0 saturated heterocycles. The second kappa shape index (κ2) is 4.14. The number of aromatic hydroxyl groups is 1. The number of hydrogen-bond donors (Lipinski definition) is 1. The van der Waals surface area contributed by atoms with Crippen LogP contribution >= 0.6 is 33.9 Å². The van der Waals surface area contributed by atoms with E-state index in [4.69, 9.17) is 0 Å². The van der Waals surface area contributed by atoms with Crippen LogP contribution in [0, 0.1) is 3.57 Å². The van der Waals surface area contributed by atoms with E-state index in [2.05, 4.69) is 47.7 Å². The molecule has 3 aromatic rings. The van der Waals surface area contributed by atoms with Gasteiger partial charge in [0, 0.05) is 29.3 Å². The van der Waals surface area contributed by atoms with Crippen LogP contribution in [0.1, 0.15) is 12.5 Å². The van der Waals surface area contributed by atoms with Gasteiger partial charge in [-0.1, -0.05) is 13.0 Å². The summed E-state index contributed by atoms with van der Waals surface area (Å²) < 4.78 is 3.78. The molecule has 17 heavy (non-hydrogen) atoms. The summed E-state index contributed by atoms with van der Waals surface area (Å²) in [6.45, 7) is 2.09. The SMILES string of the molecule is CCc1c(O)ccc2c1sc1cc(I)ccc12. The molecule has 86 valence electrons. The second-order valence-corrected chi connectivity index (χ2v) is 6.33. The van der Waals surface area contributed by atoms with Gasteiger partial charge in [-0.3, -0.25) is 0 Å². The molecule has 0 fully saturated rings. The lowest BCUT2D eigenvalue weighted by molar-refractivity contribution is 0.470. The highest BCUT2D eigenvalue weighted by atomic mass is 127. The molecule has 0 saturated carbocycles. The second-order valence-electron chi connectivity index (χ2n) is 4.04. The molecule has 3 rings (SSSR count). The van der Waals surface area contributed by atoms with E-state index >= 15 is 0 Å². The normalized spacial score (nSPS) is 11.4. The lowest BCUT2D eigenvalue weighted by Gasteiger charge is -2.02. The van der Waals surface area contributed by atoms with Crippen LogP contribution in [-0.4, -0.2) is 5.11 Å². The van der Waals surface area contributed by atoms with Crippen molar-refractivity contribution >= 4 is 54.1 Å². The molecule has 0 amide bonds. The molecule has 0 unspecified atom stereocenters. The summed E-state index contributed by atoms with van der Waals surface area (Å²) in [5, 5.41) is 12.4. The lowest BCUT2D eigenvalue weighted by atomic mass is 10.1. The maximum absolute atomic E-state index is 9.89. The minimum Gasteiger partial charge on any atom is -0.508 e. The third-order valence-electron chi connectivity index (χ3n) is 3.04. The van der Waals surface area contributed by atoms with Crippen molar-refractivity contribution in [3.05, 3.63) is 39.5 Å². The Balaban J connectivity index is 2.50. The van der Waals surface area contributed by atoms with Crippen LogP contribution in [0.4, 0.5) is 0 Å². The van der Waals surface area contributed by atoms with E-state index in [-0.39, 0.29) is 0 Å². The van der Waals surface area contributed by atoms with Crippen LogP contribution in [0.15, 0.2) is 30.3 Å². The van der Waals surface area contributed by atoms with Gasteiger partial charge in [-0.25, -0.2) is 0 Å². The predicted octanol–water partition coefficient (Wildman–Crippen LogP) is 4.93. The maximum Gasteiger partial charge on any atom is 0.120 e. The minimum absolute atomic E-state index is 0.418. The van der Waals surface area contributed by atoms with Gasteiger partial charge in [0.25, 0.3) is 0 Å². The van der Waals surface area contributed by atoms with Crippen LogP contribution in [0.5, 0.6) is 5.75 Å². The number of thiophene rings is 1. The summed E-state index contributed by atoms with van der Waals surface area (Å²) in [6, 6.07) is 10.3. The van der Waals surface area contributed by atoms with Crippen molar-refractivity contribution in [1.82, 2.24) is 0 Å². The number of benzene rings is 2. The molecule has 1 heterocycles. The van der Waals surface area contributed by atoms with Crippen LogP contribution in [0.2, 0.25) is 0 Å². The zero-order valence-electron chi connectivity index (χ0n) is 9.33. The Hall–Kier alpha value is -0.810. The van der Waals surface area contributed by atoms with E-state index in [1.165, 1.54) is 23.7 Å². The van der Waals surface area contributed by atoms with E-state index in [1.807, 2.05) is 12.1 Å². The molecule has 3 heteroatoms. The average molecular weight is 354 g/mol. The fraction of sp³-hybridized carbons (Fsp3) is 0.143. The summed E-state index contributed by atoms with van der Waals surface area (Å²) in [6.07, 6.45) is 0.868. The molecule has 1 N–H and O–H groups in total. The third-order valence-corrected chi connectivity index (χ3v) is 4.93. The van der Waals surface area contributed by atoms with Crippen LogP contribution in [-0.2, 0) is 6.42 Å². The molecule has 2 aromatic carbocycles. The molecule has 1 nitrogen and oxygen atoms in total. The first-order valence-corrected chi connectivity index (χ1v) is 7.43. The van der Waals surface area contributed by atoms with E-state index in [9.17, 15) is 5.11 Å². The Kier molecular flexibility index (Phi) is 2.75. The summed E-state index contributed by atoms with van der Waals surface area (Å²) >= 11 is 4.11. The van der Waals surface area contributed by atoms with Gasteiger partial charge in [-0.05, 0) is 53.3 Å². The minimum atomic E-state index is 0.418. The first-order chi connectivity index (χ1) is 8.20. The van der Waals surface area contributed by atoms with Crippen LogP contribution in [0.25, 0.3) is 20.2 Å². The van der Waals surface area contributed by atoms with Gasteiger partial charge in [0.15, 0.2) is 0 Å². The average Bonchev–Trinajstić information content (AvgIpc) is 2.66. The Morgan fingerprint density at radius 2 is 1.94 bits per heavy atom. The van der Waals surface area contributed by atoms with Crippen LogP contribution in [0.3, 0.4) is 0 Å². The van der Waals surface area contributed by atoms with Crippen molar-refractivity contribution in [2.45, 2.75) is 13.3 Å². The molecule has 0 spiro atoms. The monoisotopic (exact) mass is 354 g/mol. The van der Waals surface area contributed by atoms with Gasteiger partial charge in [-0.2, -0.15) is 0 Å². The van der Waals surface area contributed by atoms with Crippen molar-refractivity contribution in [1.29, 1.82) is 0 Å².